The lowest BCUT2D eigenvalue weighted by Gasteiger charge is -2.26. The van der Waals surface area contributed by atoms with Gasteiger partial charge in [-0.05, 0) is 105 Å². The summed E-state index contributed by atoms with van der Waals surface area (Å²) in [6, 6.07) is 72.2. The minimum atomic E-state index is 0.738. The third-order valence-electron chi connectivity index (χ3n) is 10.5. The summed E-state index contributed by atoms with van der Waals surface area (Å²) in [5.41, 5.74) is 15.5. The van der Waals surface area contributed by atoms with Gasteiger partial charge in [-0.3, -0.25) is 0 Å². The molecule has 0 unspecified atom stereocenters. The van der Waals surface area contributed by atoms with E-state index in [1.54, 1.807) is 0 Å². The highest BCUT2D eigenvalue weighted by Crippen LogP contribution is 2.38. The van der Waals surface area contributed by atoms with Crippen LogP contribution in [-0.2, 0) is 6.54 Å². The van der Waals surface area contributed by atoms with E-state index in [4.69, 9.17) is 0 Å². The lowest BCUT2D eigenvalue weighted by molar-refractivity contribution is 0.972. The Kier molecular flexibility index (Phi) is 9.22. The number of fused-ring (bicyclic) bond motifs is 3. The zero-order valence-corrected chi connectivity index (χ0v) is 30.6. The Labute approximate surface area is 323 Å². The average molecular weight is 705 g/mol. The van der Waals surface area contributed by atoms with Gasteiger partial charge in [-0.25, -0.2) is 0 Å². The summed E-state index contributed by atoms with van der Waals surface area (Å²) >= 11 is 0. The van der Waals surface area contributed by atoms with E-state index in [9.17, 15) is 0 Å². The van der Waals surface area contributed by atoms with Crippen molar-refractivity contribution in [1.29, 1.82) is 0 Å². The summed E-state index contributed by atoms with van der Waals surface area (Å²) < 4.78 is 2.42. The summed E-state index contributed by atoms with van der Waals surface area (Å²) in [6.45, 7) is 4.61. The van der Waals surface area contributed by atoms with E-state index >= 15 is 0 Å². The number of hydrogen-bond acceptors (Lipinski definition) is 1. The van der Waals surface area contributed by atoms with Gasteiger partial charge in [-0.2, -0.15) is 0 Å². The lowest BCUT2D eigenvalue weighted by atomic mass is 10.0. The van der Waals surface area contributed by atoms with Crippen LogP contribution in [0.15, 0.2) is 219 Å². The number of anilines is 2. The largest absolute Gasteiger partial charge is 0.337 e. The molecule has 0 saturated carbocycles. The first kappa shape index (κ1) is 33.7. The van der Waals surface area contributed by atoms with Crippen molar-refractivity contribution in [3.63, 3.8) is 0 Å². The zero-order chi connectivity index (χ0) is 37.0. The van der Waals surface area contributed by atoms with E-state index in [1.807, 2.05) is 12.2 Å². The normalized spacial score (nSPS) is 11.3. The van der Waals surface area contributed by atoms with Crippen molar-refractivity contribution < 1.29 is 0 Å². The number of allylic oxidation sites excluding steroid dienone is 2. The van der Waals surface area contributed by atoms with Crippen molar-refractivity contribution in [3.8, 4) is 39.1 Å². The van der Waals surface area contributed by atoms with Gasteiger partial charge in [0.2, 0.25) is 0 Å². The third kappa shape index (κ3) is 6.78. The Morgan fingerprint density at radius 3 is 1.55 bits per heavy atom. The quantitative estimate of drug-likeness (QED) is 0.129. The number of rotatable bonds is 10. The molecule has 0 radical (unpaired) electrons. The van der Waals surface area contributed by atoms with Gasteiger partial charge in [0.25, 0.3) is 0 Å². The number of nitrogens with zero attached hydrogens (tertiary/aromatic N) is 2. The van der Waals surface area contributed by atoms with Crippen molar-refractivity contribution in [2.75, 3.05) is 4.90 Å². The van der Waals surface area contributed by atoms with E-state index < -0.39 is 0 Å². The number of aromatic nitrogens is 1. The number of hydrogen-bond donors (Lipinski definition) is 0. The molecule has 0 bridgehead atoms. The summed E-state index contributed by atoms with van der Waals surface area (Å²) in [5, 5.41) is 2.48. The van der Waals surface area contributed by atoms with Crippen molar-refractivity contribution in [3.05, 3.63) is 230 Å². The van der Waals surface area contributed by atoms with E-state index in [-0.39, 0.29) is 0 Å². The topological polar surface area (TPSA) is 8.17 Å². The van der Waals surface area contributed by atoms with Crippen molar-refractivity contribution in [2.24, 2.45) is 0 Å². The van der Waals surface area contributed by atoms with E-state index in [0.29, 0.717) is 0 Å². The number of benzene rings is 8. The molecule has 8 aromatic carbocycles. The molecule has 0 saturated heterocycles. The first-order valence-corrected chi connectivity index (χ1v) is 18.8. The van der Waals surface area contributed by atoms with Crippen LogP contribution >= 0.6 is 0 Å². The Balaban J connectivity index is 1.11. The van der Waals surface area contributed by atoms with Crippen LogP contribution in [0.5, 0.6) is 0 Å². The average Bonchev–Trinajstić information content (AvgIpc) is 3.59. The van der Waals surface area contributed by atoms with Crippen molar-refractivity contribution in [1.82, 2.24) is 4.57 Å². The highest BCUT2D eigenvalue weighted by atomic mass is 15.1. The van der Waals surface area contributed by atoms with Gasteiger partial charge >= 0.3 is 0 Å². The first-order chi connectivity index (χ1) is 27.2. The highest BCUT2D eigenvalue weighted by molar-refractivity contribution is 6.11. The van der Waals surface area contributed by atoms with Gasteiger partial charge in [-0.1, -0.05) is 164 Å². The highest BCUT2D eigenvalue weighted by Gasteiger charge is 2.16. The monoisotopic (exact) mass is 704 g/mol. The number of para-hydroxylation sites is 1. The molecule has 262 valence electrons. The van der Waals surface area contributed by atoms with Crippen LogP contribution in [0.2, 0.25) is 0 Å². The zero-order valence-electron chi connectivity index (χ0n) is 30.6. The van der Waals surface area contributed by atoms with E-state index in [1.165, 1.54) is 66.3 Å². The van der Waals surface area contributed by atoms with Gasteiger partial charge in [0.15, 0.2) is 0 Å². The van der Waals surface area contributed by atoms with Crippen LogP contribution in [-0.4, -0.2) is 4.57 Å². The molecule has 0 aliphatic carbocycles. The van der Waals surface area contributed by atoms with Gasteiger partial charge < -0.3 is 9.47 Å². The first-order valence-electron chi connectivity index (χ1n) is 18.8. The van der Waals surface area contributed by atoms with Gasteiger partial charge in [0.1, 0.15) is 0 Å². The fourth-order valence-electron chi connectivity index (χ4n) is 7.70. The second-order valence-corrected chi connectivity index (χ2v) is 13.8. The molecular weight excluding hydrogens is 665 g/mol. The maximum atomic E-state index is 3.87. The van der Waals surface area contributed by atoms with Crippen LogP contribution < -0.4 is 4.90 Å². The van der Waals surface area contributed by atoms with Crippen molar-refractivity contribution >= 4 is 39.3 Å². The summed E-state index contributed by atoms with van der Waals surface area (Å²) in [4.78, 5) is 2.38. The molecule has 55 heavy (non-hydrogen) atoms. The van der Waals surface area contributed by atoms with Crippen molar-refractivity contribution in [2.45, 2.75) is 6.54 Å². The second kappa shape index (κ2) is 15.1. The predicted molar refractivity (Wildman–Crippen MR) is 235 cm³/mol. The van der Waals surface area contributed by atoms with Crippen LogP contribution in [0.4, 0.5) is 11.4 Å². The molecular formula is C53H40N2. The van der Waals surface area contributed by atoms with E-state index in [2.05, 4.69) is 222 Å². The Morgan fingerprint density at radius 1 is 0.436 bits per heavy atom. The SMILES string of the molecule is C=C/C=C\c1ccccc1CN(c1ccccc1)c1ccc(-c2cccc(-n3c4ccc(-c5ccccc5)cc4c4cc(-c5ccccc5)ccc43)c2)cc1. The standard InChI is InChI=1S/C53H40N2/c1-2-3-16-41-21-13-14-22-46(41)38-54(47-24-11-6-12-25-47)48-31-27-42(28-32-48)43-23-15-26-49(35-43)55-52-33-29-44(39-17-7-4-8-18-39)36-50(52)51-37-45(30-34-53(51)55)40-19-9-5-10-20-40/h2-37H,1,38H2/b16-3-. The molecule has 0 N–H and O–H groups in total. The minimum absolute atomic E-state index is 0.738. The predicted octanol–water partition coefficient (Wildman–Crippen LogP) is 14.3. The summed E-state index contributed by atoms with van der Waals surface area (Å²) in [6.07, 6.45) is 5.95. The maximum absolute atomic E-state index is 3.87. The molecule has 0 amide bonds. The van der Waals surface area contributed by atoms with E-state index in [0.717, 1.165) is 23.6 Å². The van der Waals surface area contributed by atoms with Gasteiger partial charge in [-0.15, -0.1) is 0 Å². The molecule has 2 heteroatoms. The second-order valence-electron chi connectivity index (χ2n) is 13.8. The van der Waals surface area contributed by atoms with Crippen LogP contribution in [0.3, 0.4) is 0 Å². The smallest absolute Gasteiger partial charge is 0.0541 e. The van der Waals surface area contributed by atoms with Crippen LogP contribution in [0, 0.1) is 0 Å². The summed E-state index contributed by atoms with van der Waals surface area (Å²) in [5.74, 6) is 0. The molecule has 1 aromatic heterocycles. The molecule has 0 fully saturated rings. The van der Waals surface area contributed by atoms with Gasteiger partial charge in [0.05, 0.1) is 11.0 Å². The molecule has 1 heterocycles. The Bertz CT molecular complexity index is 2680. The molecule has 0 atom stereocenters. The molecule has 9 aromatic rings. The minimum Gasteiger partial charge on any atom is -0.337 e. The Morgan fingerprint density at radius 2 is 0.927 bits per heavy atom. The molecule has 0 aliphatic heterocycles. The molecule has 2 nitrogen and oxygen atoms in total. The maximum Gasteiger partial charge on any atom is 0.0541 e. The molecule has 9 rings (SSSR count). The summed E-state index contributed by atoms with van der Waals surface area (Å²) in [7, 11) is 0. The lowest BCUT2D eigenvalue weighted by Crippen LogP contribution is -2.17. The molecule has 0 aliphatic rings. The van der Waals surface area contributed by atoms with Crippen LogP contribution in [0.25, 0.3) is 66.9 Å². The fraction of sp³-hybridized carbons (Fsp3) is 0.0189. The fourth-order valence-corrected chi connectivity index (χ4v) is 7.70. The molecule has 0 spiro atoms. The van der Waals surface area contributed by atoms with Crippen LogP contribution in [0.1, 0.15) is 11.1 Å². The van der Waals surface area contributed by atoms with Gasteiger partial charge in [0, 0.05) is 34.4 Å². The third-order valence-corrected chi connectivity index (χ3v) is 10.5. The Hall–Kier alpha value is -7.16.